The Labute approximate surface area is 170 Å². The van der Waals surface area contributed by atoms with Crippen LogP contribution in [0.4, 0.5) is 0 Å². The Bertz CT molecular complexity index is 1100. The number of fused-ring (bicyclic) bond motifs is 3. The van der Waals surface area contributed by atoms with Crippen molar-refractivity contribution < 1.29 is 4.79 Å². The van der Waals surface area contributed by atoms with Crippen LogP contribution in [0.25, 0.3) is 21.8 Å². The Balaban J connectivity index is 1.65. The maximum Gasteiger partial charge on any atom is 0.291 e. The SMILES string of the molecule is CCCn1c2ccccc2c2cnn(CC(=O)N[C@@H]3CCC[C@@H](C)[C@@H]3C)c(=O)c21. The molecule has 1 N–H and O–H groups in total. The number of benzene rings is 1. The molecule has 3 aromatic rings. The number of hydrogen-bond donors (Lipinski definition) is 1. The van der Waals surface area contributed by atoms with Crippen LogP contribution in [0.3, 0.4) is 0 Å². The second kappa shape index (κ2) is 8.01. The minimum Gasteiger partial charge on any atom is -0.351 e. The molecule has 2 aromatic heterocycles. The summed E-state index contributed by atoms with van der Waals surface area (Å²) < 4.78 is 3.37. The fourth-order valence-electron chi connectivity index (χ4n) is 4.74. The van der Waals surface area contributed by atoms with Gasteiger partial charge in [0.1, 0.15) is 12.1 Å². The Kier molecular flexibility index (Phi) is 5.43. The average molecular weight is 395 g/mol. The second-order valence-corrected chi connectivity index (χ2v) is 8.48. The first-order valence-corrected chi connectivity index (χ1v) is 10.8. The number of nitrogens with one attached hydrogen (secondary N) is 1. The smallest absolute Gasteiger partial charge is 0.291 e. The highest BCUT2D eigenvalue weighted by Crippen LogP contribution is 2.29. The third kappa shape index (κ3) is 3.56. The van der Waals surface area contributed by atoms with Gasteiger partial charge in [0, 0.05) is 28.9 Å². The molecule has 3 atom stereocenters. The number of rotatable bonds is 5. The van der Waals surface area contributed by atoms with Crippen molar-refractivity contribution in [3.8, 4) is 0 Å². The van der Waals surface area contributed by atoms with E-state index in [9.17, 15) is 9.59 Å². The predicted molar refractivity (Wildman–Crippen MR) is 116 cm³/mol. The number of aromatic nitrogens is 3. The molecular weight excluding hydrogens is 364 g/mol. The number of para-hydroxylation sites is 1. The van der Waals surface area contributed by atoms with Gasteiger partial charge in [-0.3, -0.25) is 9.59 Å². The molecule has 6 nitrogen and oxygen atoms in total. The molecule has 1 amide bonds. The summed E-state index contributed by atoms with van der Waals surface area (Å²) in [4.78, 5) is 25.9. The third-order valence-corrected chi connectivity index (χ3v) is 6.57. The standard InChI is InChI=1S/C23H30N4O2/c1-4-12-26-20-11-6-5-9-17(20)18-13-24-27(23(29)22(18)26)14-21(28)25-19-10-7-8-15(2)16(19)3/h5-6,9,11,13,15-16,19H,4,7-8,10,12,14H2,1-3H3,(H,25,28)/t15-,16+,19-/m1/s1. The second-order valence-electron chi connectivity index (χ2n) is 8.48. The zero-order chi connectivity index (χ0) is 20.5. The van der Waals surface area contributed by atoms with Gasteiger partial charge in [0.2, 0.25) is 5.91 Å². The van der Waals surface area contributed by atoms with Crippen molar-refractivity contribution in [3.05, 3.63) is 40.8 Å². The Morgan fingerprint density at radius 3 is 2.79 bits per heavy atom. The first-order chi connectivity index (χ1) is 14.0. The molecule has 154 valence electrons. The molecular formula is C23H30N4O2. The van der Waals surface area contributed by atoms with Crippen molar-refractivity contribution >= 4 is 27.7 Å². The number of amides is 1. The van der Waals surface area contributed by atoms with Gasteiger partial charge in [0.25, 0.3) is 5.56 Å². The summed E-state index contributed by atoms with van der Waals surface area (Å²) >= 11 is 0. The Morgan fingerprint density at radius 2 is 2.00 bits per heavy atom. The molecule has 0 radical (unpaired) electrons. The van der Waals surface area contributed by atoms with Crippen molar-refractivity contribution in [3.63, 3.8) is 0 Å². The third-order valence-electron chi connectivity index (χ3n) is 6.57. The minimum absolute atomic E-state index is 0.0416. The van der Waals surface area contributed by atoms with Crippen LogP contribution in [0, 0.1) is 11.8 Å². The lowest BCUT2D eigenvalue weighted by atomic mass is 9.78. The van der Waals surface area contributed by atoms with E-state index in [0.717, 1.165) is 42.1 Å². The molecule has 1 aliphatic carbocycles. The van der Waals surface area contributed by atoms with E-state index >= 15 is 0 Å². The van der Waals surface area contributed by atoms with Crippen LogP contribution in [0.15, 0.2) is 35.3 Å². The van der Waals surface area contributed by atoms with E-state index in [1.807, 2.05) is 24.3 Å². The van der Waals surface area contributed by atoms with E-state index in [1.165, 1.54) is 11.1 Å². The van der Waals surface area contributed by atoms with E-state index in [0.29, 0.717) is 17.4 Å². The molecule has 1 saturated carbocycles. The lowest BCUT2D eigenvalue weighted by Crippen LogP contribution is -2.45. The summed E-state index contributed by atoms with van der Waals surface area (Å²) in [7, 11) is 0. The monoisotopic (exact) mass is 394 g/mol. The van der Waals surface area contributed by atoms with Gasteiger partial charge in [-0.25, -0.2) is 4.68 Å². The van der Waals surface area contributed by atoms with Crippen molar-refractivity contribution in [1.82, 2.24) is 19.7 Å². The first-order valence-electron chi connectivity index (χ1n) is 10.8. The zero-order valence-electron chi connectivity index (χ0n) is 17.5. The van der Waals surface area contributed by atoms with Crippen LogP contribution in [0.5, 0.6) is 0 Å². The predicted octanol–water partition coefficient (Wildman–Crippen LogP) is 3.70. The number of aryl methyl sites for hydroxylation is 1. The lowest BCUT2D eigenvalue weighted by molar-refractivity contribution is -0.123. The fraction of sp³-hybridized carbons (Fsp3) is 0.522. The van der Waals surface area contributed by atoms with Crippen molar-refractivity contribution in [2.45, 2.75) is 65.6 Å². The molecule has 6 heteroatoms. The van der Waals surface area contributed by atoms with Crippen molar-refractivity contribution in [2.75, 3.05) is 0 Å². The van der Waals surface area contributed by atoms with Crippen LogP contribution >= 0.6 is 0 Å². The Hall–Kier alpha value is -2.63. The van der Waals surface area contributed by atoms with E-state index in [4.69, 9.17) is 0 Å². The molecule has 1 fully saturated rings. The van der Waals surface area contributed by atoms with Gasteiger partial charge in [-0.2, -0.15) is 5.10 Å². The van der Waals surface area contributed by atoms with Gasteiger partial charge in [0.05, 0.1) is 6.20 Å². The molecule has 0 bridgehead atoms. The molecule has 29 heavy (non-hydrogen) atoms. The van der Waals surface area contributed by atoms with Crippen LogP contribution in [-0.2, 0) is 17.9 Å². The molecule has 0 aliphatic heterocycles. The van der Waals surface area contributed by atoms with E-state index in [-0.39, 0.29) is 24.1 Å². The molecule has 1 aromatic carbocycles. The van der Waals surface area contributed by atoms with Gasteiger partial charge in [-0.15, -0.1) is 0 Å². The summed E-state index contributed by atoms with van der Waals surface area (Å²) in [6.45, 7) is 7.26. The molecule has 0 unspecified atom stereocenters. The largest absolute Gasteiger partial charge is 0.351 e. The number of nitrogens with zero attached hydrogens (tertiary/aromatic N) is 3. The van der Waals surface area contributed by atoms with Crippen LogP contribution in [-0.4, -0.2) is 26.3 Å². The minimum atomic E-state index is -0.202. The van der Waals surface area contributed by atoms with Crippen LogP contribution in [0.2, 0.25) is 0 Å². The first kappa shape index (κ1) is 19.7. The Morgan fingerprint density at radius 1 is 1.21 bits per heavy atom. The molecule has 0 spiro atoms. The van der Waals surface area contributed by atoms with Gasteiger partial charge < -0.3 is 9.88 Å². The highest BCUT2D eigenvalue weighted by molar-refractivity contribution is 6.07. The molecule has 1 aliphatic rings. The summed E-state index contributed by atoms with van der Waals surface area (Å²) in [5.74, 6) is 0.922. The van der Waals surface area contributed by atoms with Gasteiger partial charge >= 0.3 is 0 Å². The maximum atomic E-state index is 13.2. The lowest BCUT2D eigenvalue weighted by Gasteiger charge is -2.34. The topological polar surface area (TPSA) is 68.9 Å². The molecule has 0 saturated heterocycles. The fourth-order valence-corrected chi connectivity index (χ4v) is 4.74. The van der Waals surface area contributed by atoms with E-state index in [2.05, 4.69) is 35.8 Å². The normalized spacial score (nSPS) is 22.2. The highest BCUT2D eigenvalue weighted by Gasteiger charge is 2.28. The van der Waals surface area contributed by atoms with E-state index < -0.39 is 0 Å². The quantitative estimate of drug-likeness (QED) is 0.717. The van der Waals surface area contributed by atoms with E-state index in [1.54, 1.807) is 6.20 Å². The summed E-state index contributed by atoms with van der Waals surface area (Å²) in [6.07, 6.45) is 6.01. The number of hydrogen-bond acceptors (Lipinski definition) is 3. The van der Waals surface area contributed by atoms with Crippen LogP contribution in [0.1, 0.15) is 46.5 Å². The molecule has 4 rings (SSSR count). The van der Waals surface area contributed by atoms with Gasteiger partial charge in [0.15, 0.2) is 0 Å². The van der Waals surface area contributed by atoms with Crippen molar-refractivity contribution in [2.24, 2.45) is 11.8 Å². The number of carbonyl (C=O) groups excluding carboxylic acids is 1. The highest BCUT2D eigenvalue weighted by atomic mass is 16.2. The van der Waals surface area contributed by atoms with Crippen molar-refractivity contribution in [1.29, 1.82) is 0 Å². The summed E-state index contributed by atoms with van der Waals surface area (Å²) in [5.41, 5.74) is 1.47. The zero-order valence-corrected chi connectivity index (χ0v) is 17.5. The maximum absolute atomic E-state index is 13.2. The van der Waals surface area contributed by atoms with Gasteiger partial charge in [-0.1, -0.05) is 51.8 Å². The number of carbonyl (C=O) groups is 1. The van der Waals surface area contributed by atoms with Gasteiger partial charge in [-0.05, 0) is 30.7 Å². The summed E-state index contributed by atoms with van der Waals surface area (Å²) in [5, 5.41) is 9.35. The van der Waals surface area contributed by atoms with Crippen LogP contribution < -0.4 is 10.9 Å². The average Bonchev–Trinajstić information content (AvgIpc) is 3.03. The molecule has 2 heterocycles. The summed E-state index contributed by atoms with van der Waals surface area (Å²) in [6, 6.07) is 8.20.